The fourth-order valence-corrected chi connectivity index (χ4v) is 2.83. The molecule has 0 atom stereocenters. The quantitative estimate of drug-likeness (QED) is 0.700. The van der Waals surface area contributed by atoms with Gasteiger partial charge in [-0.25, -0.2) is 4.39 Å². The summed E-state index contributed by atoms with van der Waals surface area (Å²) in [5.41, 5.74) is 1.79. The van der Waals surface area contributed by atoms with Gasteiger partial charge in [-0.2, -0.15) is 0 Å². The molecule has 5 nitrogen and oxygen atoms in total. The van der Waals surface area contributed by atoms with Crippen LogP contribution in [0.15, 0.2) is 66.1 Å². The molecule has 1 heterocycles. The summed E-state index contributed by atoms with van der Waals surface area (Å²) in [6, 6.07) is 15.7. The van der Waals surface area contributed by atoms with Gasteiger partial charge in [-0.1, -0.05) is 42.1 Å². The molecule has 24 heavy (non-hydrogen) atoms. The maximum Gasteiger partial charge on any atom is 0.230 e. The number of hydrogen-bond acceptors (Lipinski definition) is 4. The minimum absolute atomic E-state index is 0.119. The topological polar surface area (TPSA) is 59.8 Å². The van der Waals surface area contributed by atoms with Crippen LogP contribution in [0.25, 0.3) is 5.69 Å². The van der Waals surface area contributed by atoms with Crippen molar-refractivity contribution in [2.24, 2.45) is 0 Å². The van der Waals surface area contributed by atoms with Crippen molar-refractivity contribution in [3.05, 3.63) is 72.3 Å². The van der Waals surface area contributed by atoms with E-state index in [1.165, 1.54) is 23.9 Å². The minimum atomic E-state index is -0.291. The monoisotopic (exact) mass is 342 g/mol. The van der Waals surface area contributed by atoms with Gasteiger partial charge in [-0.3, -0.25) is 9.36 Å². The summed E-state index contributed by atoms with van der Waals surface area (Å²) in [6.07, 6.45) is 1.62. The van der Waals surface area contributed by atoms with Crippen molar-refractivity contribution in [2.45, 2.75) is 11.7 Å². The number of amides is 1. The lowest BCUT2D eigenvalue weighted by Crippen LogP contribution is -2.24. The van der Waals surface area contributed by atoms with Crippen LogP contribution in [-0.2, 0) is 11.3 Å². The highest BCUT2D eigenvalue weighted by atomic mass is 32.2. The van der Waals surface area contributed by atoms with E-state index >= 15 is 0 Å². The van der Waals surface area contributed by atoms with Gasteiger partial charge in [0, 0.05) is 12.2 Å². The fourth-order valence-electron chi connectivity index (χ4n) is 2.07. The zero-order chi connectivity index (χ0) is 16.8. The van der Waals surface area contributed by atoms with Crippen molar-refractivity contribution >= 4 is 17.7 Å². The van der Waals surface area contributed by atoms with Gasteiger partial charge >= 0.3 is 0 Å². The molecule has 0 unspecified atom stereocenters. The van der Waals surface area contributed by atoms with Crippen LogP contribution >= 0.6 is 11.8 Å². The van der Waals surface area contributed by atoms with Gasteiger partial charge in [-0.05, 0) is 29.8 Å². The third kappa shape index (κ3) is 4.20. The number of carbonyl (C=O) groups is 1. The van der Waals surface area contributed by atoms with E-state index in [9.17, 15) is 9.18 Å². The van der Waals surface area contributed by atoms with E-state index in [0.717, 1.165) is 11.3 Å². The number of rotatable bonds is 6. The average molecular weight is 342 g/mol. The lowest BCUT2D eigenvalue weighted by molar-refractivity contribution is -0.118. The van der Waals surface area contributed by atoms with Crippen molar-refractivity contribution in [1.82, 2.24) is 20.1 Å². The molecule has 0 saturated heterocycles. The van der Waals surface area contributed by atoms with E-state index in [2.05, 4.69) is 15.5 Å². The Balaban J connectivity index is 1.54. The molecule has 0 aliphatic carbocycles. The Kier molecular flexibility index (Phi) is 5.22. The van der Waals surface area contributed by atoms with Crippen LogP contribution in [0.2, 0.25) is 0 Å². The maximum atomic E-state index is 12.8. The molecule has 0 aliphatic rings. The van der Waals surface area contributed by atoms with Crippen LogP contribution < -0.4 is 5.32 Å². The van der Waals surface area contributed by atoms with Gasteiger partial charge in [0.1, 0.15) is 12.1 Å². The van der Waals surface area contributed by atoms with Crippen LogP contribution in [0.3, 0.4) is 0 Å². The van der Waals surface area contributed by atoms with E-state index in [4.69, 9.17) is 0 Å². The molecule has 0 saturated carbocycles. The fraction of sp³-hybridized carbons (Fsp3) is 0.118. The third-order valence-corrected chi connectivity index (χ3v) is 4.23. The highest BCUT2D eigenvalue weighted by Crippen LogP contribution is 2.18. The number of aromatic nitrogens is 3. The third-order valence-electron chi connectivity index (χ3n) is 3.29. The van der Waals surface area contributed by atoms with Crippen LogP contribution in [0.1, 0.15) is 5.56 Å². The summed E-state index contributed by atoms with van der Waals surface area (Å²) in [4.78, 5) is 12.0. The molecule has 7 heteroatoms. The average Bonchev–Trinajstić information content (AvgIpc) is 3.09. The first-order valence-corrected chi connectivity index (χ1v) is 8.30. The van der Waals surface area contributed by atoms with Gasteiger partial charge in [-0.15, -0.1) is 10.2 Å². The van der Waals surface area contributed by atoms with E-state index < -0.39 is 0 Å². The Morgan fingerprint density at radius 2 is 1.88 bits per heavy atom. The zero-order valence-electron chi connectivity index (χ0n) is 12.7. The molecule has 0 bridgehead atoms. The van der Waals surface area contributed by atoms with Crippen molar-refractivity contribution in [3.8, 4) is 5.69 Å². The standard InChI is InChI=1S/C17H15FN4OS/c18-14-8-6-13(7-9-14)10-19-16(23)11-24-17-21-20-12-22(17)15-4-2-1-3-5-15/h1-9,12H,10-11H2,(H,19,23). The van der Waals surface area contributed by atoms with E-state index in [1.807, 2.05) is 34.9 Å². The molecule has 0 fully saturated rings. The maximum absolute atomic E-state index is 12.8. The van der Waals surface area contributed by atoms with Crippen LogP contribution in [-0.4, -0.2) is 26.4 Å². The highest BCUT2D eigenvalue weighted by molar-refractivity contribution is 7.99. The van der Waals surface area contributed by atoms with Gasteiger partial charge in [0.25, 0.3) is 0 Å². The Bertz CT molecular complexity index is 805. The molecular weight excluding hydrogens is 327 g/mol. The molecule has 2 aromatic carbocycles. The summed E-state index contributed by atoms with van der Waals surface area (Å²) in [7, 11) is 0. The molecule has 122 valence electrons. The second-order valence-electron chi connectivity index (χ2n) is 5.01. The van der Waals surface area contributed by atoms with Crippen LogP contribution in [0, 0.1) is 5.82 Å². The number of nitrogens with one attached hydrogen (secondary N) is 1. The number of thioether (sulfide) groups is 1. The Morgan fingerprint density at radius 1 is 1.12 bits per heavy atom. The zero-order valence-corrected chi connectivity index (χ0v) is 13.5. The number of para-hydroxylation sites is 1. The predicted molar refractivity (Wildman–Crippen MR) is 90.3 cm³/mol. The van der Waals surface area contributed by atoms with Gasteiger partial charge < -0.3 is 5.32 Å². The largest absolute Gasteiger partial charge is 0.351 e. The first kappa shape index (κ1) is 16.2. The highest BCUT2D eigenvalue weighted by Gasteiger charge is 2.10. The molecule has 1 N–H and O–H groups in total. The second-order valence-corrected chi connectivity index (χ2v) is 5.95. The number of benzene rings is 2. The molecular formula is C17H15FN4OS. The summed E-state index contributed by atoms with van der Waals surface area (Å²) < 4.78 is 14.7. The van der Waals surface area contributed by atoms with E-state index in [1.54, 1.807) is 18.5 Å². The summed E-state index contributed by atoms with van der Waals surface area (Å²) >= 11 is 1.31. The number of hydrogen-bond donors (Lipinski definition) is 1. The first-order valence-electron chi connectivity index (χ1n) is 7.32. The first-order chi connectivity index (χ1) is 11.7. The lowest BCUT2D eigenvalue weighted by Gasteiger charge is -2.07. The lowest BCUT2D eigenvalue weighted by atomic mass is 10.2. The van der Waals surface area contributed by atoms with Crippen LogP contribution in [0.5, 0.6) is 0 Å². The molecule has 0 spiro atoms. The normalized spacial score (nSPS) is 10.5. The van der Waals surface area contributed by atoms with Crippen molar-refractivity contribution in [3.63, 3.8) is 0 Å². The minimum Gasteiger partial charge on any atom is -0.351 e. The summed E-state index contributed by atoms with van der Waals surface area (Å²) in [5, 5.41) is 11.4. The van der Waals surface area contributed by atoms with Crippen molar-refractivity contribution in [1.29, 1.82) is 0 Å². The van der Waals surface area contributed by atoms with Gasteiger partial charge in [0.05, 0.1) is 5.75 Å². The molecule has 1 aromatic heterocycles. The molecule has 0 radical (unpaired) electrons. The molecule has 3 rings (SSSR count). The second kappa shape index (κ2) is 7.74. The Hall–Kier alpha value is -2.67. The molecule has 3 aromatic rings. The van der Waals surface area contributed by atoms with Crippen molar-refractivity contribution in [2.75, 3.05) is 5.75 Å². The smallest absolute Gasteiger partial charge is 0.230 e. The van der Waals surface area contributed by atoms with Crippen molar-refractivity contribution < 1.29 is 9.18 Å². The SMILES string of the molecule is O=C(CSc1nncn1-c1ccccc1)NCc1ccc(F)cc1. The predicted octanol–water partition coefficient (Wildman–Crippen LogP) is 2.81. The van der Waals surface area contributed by atoms with E-state index in [-0.39, 0.29) is 17.5 Å². The van der Waals surface area contributed by atoms with Gasteiger partial charge in [0.15, 0.2) is 5.16 Å². The van der Waals surface area contributed by atoms with Crippen LogP contribution in [0.4, 0.5) is 4.39 Å². The summed E-state index contributed by atoms with van der Waals surface area (Å²) in [5.74, 6) is -0.181. The summed E-state index contributed by atoms with van der Waals surface area (Å²) in [6.45, 7) is 0.366. The Morgan fingerprint density at radius 3 is 2.62 bits per heavy atom. The number of halogens is 1. The Labute approximate surface area is 142 Å². The van der Waals surface area contributed by atoms with Gasteiger partial charge in [0.2, 0.25) is 5.91 Å². The number of nitrogens with zero attached hydrogens (tertiary/aromatic N) is 3. The molecule has 1 amide bonds. The molecule has 0 aliphatic heterocycles. The van der Waals surface area contributed by atoms with E-state index in [0.29, 0.717) is 11.7 Å². The number of carbonyl (C=O) groups excluding carboxylic acids is 1.